The summed E-state index contributed by atoms with van der Waals surface area (Å²) < 4.78 is 35.1. The van der Waals surface area contributed by atoms with Crippen LogP contribution < -0.4 is 20.3 Å². The first kappa shape index (κ1) is 20.2. The van der Waals surface area contributed by atoms with Crippen LogP contribution in [0.15, 0.2) is 47.3 Å². The van der Waals surface area contributed by atoms with Gasteiger partial charge in [-0.15, -0.1) is 5.10 Å². The lowest BCUT2D eigenvalue weighted by Gasteiger charge is -2.12. The average molecular weight is 404 g/mol. The number of ether oxygens (including phenoxy) is 2. The molecule has 29 heavy (non-hydrogen) atoms. The van der Waals surface area contributed by atoms with Crippen LogP contribution in [-0.4, -0.2) is 41.2 Å². The van der Waals surface area contributed by atoms with Crippen molar-refractivity contribution in [1.29, 1.82) is 0 Å². The van der Waals surface area contributed by atoms with Gasteiger partial charge in [0.25, 0.3) is 5.56 Å². The molecule has 0 aliphatic carbocycles. The van der Waals surface area contributed by atoms with E-state index in [0.717, 1.165) is 10.2 Å². The number of carbonyl (C=O) groups is 1. The maximum atomic E-state index is 12.4. The van der Waals surface area contributed by atoms with Crippen molar-refractivity contribution < 1.29 is 23.0 Å². The van der Waals surface area contributed by atoms with E-state index >= 15 is 0 Å². The Morgan fingerprint density at radius 2 is 2.00 bits per heavy atom. The summed E-state index contributed by atoms with van der Waals surface area (Å²) in [4.78, 5) is 24.5. The first-order chi connectivity index (χ1) is 14.0. The lowest BCUT2D eigenvalue weighted by Crippen LogP contribution is -2.35. The molecule has 0 spiro atoms. The minimum Gasteiger partial charge on any atom is -0.493 e. The van der Waals surface area contributed by atoms with Gasteiger partial charge in [0.1, 0.15) is 12.1 Å². The topological polar surface area (TPSA) is 95.3 Å². The van der Waals surface area contributed by atoms with Gasteiger partial charge >= 0.3 is 6.61 Å². The number of fused-ring (bicyclic) bond motifs is 1. The van der Waals surface area contributed by atoms with E-state index in [2.05, 4.69) is 20.4 Å². The number of alkyl halides is 2. The van der Waals surface area contributed by atoms with Gasteiger partial charge in [-0.05, 0) is 36.2 Å². The second-order valence-electron chi connectivity index (χ2n) is 6.03. The lowest BCUT2D eigenvalue weighted by atomic mass is 10.1. The Hall–Kier alpha value is -3.56. The van der Waals surface area contributed by atoms with Crippen LogP contribution in [0.5, 0.6) is 11.5 Å². The van der Waals surface area contributed by atoms with Crippen LogP contribution in [-0.2, 0) is 17.8 Å². The van der Waals surface area contributed by atoms with Crippen molar-refractivity contribution in [3.8, 4) is 11.5 Å². The average Bonchev–Trinajstić information content (AvgIpc) is 2.71. The number of methoxy groups -OCH3 is 1. The molecular formula is C19H18F2N4O4. The van der Waals surface area contributed by atoms with Crippen molar-refractivity contribution in [3.05, 3.63) is 58.4 Å². The highest BCUT2D eigenvalue weighted by Crippen LogP contribution is 2.29. The molecule has 2 aromatic carbocycles. The first-order valence-corrected chi connectivity index (χ1v) is 8.69. The summed E-state index contributed by atoms with van der Waals surface area (Å²) in [5.74, 6) is -0.294. The Bertz CT molecular complexity index is 1070. The zero-order valence-electron chi connectivity index (χ0n) is 15.5. The summed E-state index contributed by atoms with van der Waals surface area (Å²) in [6.07, 6.45) is 0.426. The number of benzene rings is 2. The van der Waals surface area contributed by atoms with E-state index in [9.17, 15) is 18.4 Å². The molecule has 3 rings (SSSR count). The van der Waals surface area contributed by atoms with Crippen LogP contribution in [0, 0.1) is 0 Å². The summed E-state index contributed by atoms with van der Waals surface area (Å²) in [7, 11) is 1.35. The molecule has 0 unspecified atom stereocenters. The zero-order chi connectivity index (χ0) is 20.8. The van der Waals surface area contributed by atoms with E-state index in [4.69, 9.17) is 4.74 Å². The van der Waals surface area contributed by atoms with Gasteiger partial charge in [0, 0.05) is 6.54 Å². The number of carbonyl (C=O) groups excluding carboxylic acids is 1. The van der Waals surface area contributed by atoms with Gasteiger partial charge in [0.2, 0.25) is 5.91 Å². The van der Waals surface area contributed by atoms with E-state index in [0.29, 0.717) is 17.3 Å². The molecule has 8 nitrogen and oxygen atoms in total. The summed E-state index contributed by atoms with van der Waals surface area (Å²) in [5.41, 5.74) is 0.818. The number of amides is 1. The van der Waals surface area contributed by atoms with E-state index in [-0.39, 0.29) is 24.6 Å². The predicted octanol–water partition coefficient (Wildman–Crippen LogP) is 1.76. The largest absolute Gasteiger partial charge is 0.493 e. The van der Waals surface area contributed by atoms with E-state index in [1.54, 1.807) is 36.4 Å². The molecule has 0 saturated carbocycles. The highest BCUT2D eigenvalue weighted by molar-refractivity contribution is 5.78. The van der Waals surface area contributed by atoms with E-state index in [1.165, 1.54) is 13.2 Å². The molecule has 0 radical (unpaired) electrons. The predicted molar refractivity (Wildman–Crippen MR) is 100 cm³/mol. The summed E-state index contributed by atoms with van der Waals surface area (Å²) in [5, 5.41) is 10.8. The fourth-order valence-corrected chi connectivity index (χ4v) is 2.73. The monoisotopic (exact) mass is 404 g/mol. The Balaban J connectivity index is 1.58. The van der Waals surface area contributed by atoms with E-state index in [1.807, 2.05) is 0 Å². The van der Waals surface area contributed by atoms with Crippen molar-refractivity contribution in [2.75, 3.05) is 13.7 Å². The molecule has 0 fully saturated rings. The molecule has 0 aliphatic rings. The molecule has 10 heteroatoms. The van der Waals surface area contributed by atoms with Gasteiger partial charge in [0.05, 0.1) is 12.5 Å². The number of hydrogen-bond acceptors (Lipinski definition) is 6. The van der Waals surface area contributed by atoms with Gasteiger partial charge in [0.15, 0.2) is 11.5 Å². The van der Waals surface area contributed by atoms with Crippen LogP contribution in [0.2, 0.25) is 0 Å². The molecule has 1 heterocycles. The van der Waals surface area contributed by atoms with Crippen LogP contribution in [0.25, 0.3) is 10.9 Å². The highest BCUT2D eigenvalue weighted by Gasteiger charge is 2.12. The third-order valence-corrected chi connectivity index (χ3v) is 4.10. The third-order valence-electron chi connectivity index (χ3n) is 4.10. The van der Waals surface area contributed by atoms with Crippen molar-refractivity contribution in [2.45, 2.75) is 19.6 Å². The Kier molecular flexibility index (Phi) is 6.32. The van der Waals surface area contributed by atoms with Crippen molar-refractivity contribution >= 4 is 16.8 Å². The molecule has 3 aromatic rings. The number of aromatic nitrogens is 3. The van der Waals surface area contributed by atoms with Gasteiger partial charge in [-0.1, -0.05) is 23.4 Å². The van der Waals surface area contributed by atoms with Crippen molar-refractivity contribution in [2.24, 2.45) is 0 Å². The molecule has 152 valence electrons. The molecule has 1 aromatic heterocycles. The van der Waals surface area contributed by atoms with Crippen molar-refractivity contribution in [1.82, 2.24) is 20.3 Å². The number of nitrogens with one attached hydrogen (secondary N) is 1. The normalized spacial score (nSPS) is 10.9. The Morgan fingerprint density at radius 3 is 2.76 bits per heavy atom. The maximum absolute atomic E-state index is 12.4. The fraction of sp³-hybridized carbons (Fsp3) is 0.263. The SMILES string of the molecule is COc1cc(CCNC(=O)Cn2nnc3ccccc3c2=O)ccc1OC(F)F. The Morgan fingerprint density at radius 1 is 1.21 bits per heavy atom. The number of nitrogens with zero attached hydrogens (tertiary/aromatic N) is 3. The molecule has 0 atom stereocenters. The first-order valence-electron chi connectivity index (χ1n) is 8.69. The van der Waals surface area contributed by atoms with Gasteiger partial charge in [-0.2, -0.15) is 8.78 Å². The quantitative estimate of drug-likeness (QED) is 0.615. The molecule has 0 saturated heterocycles. The highest BCUT2D eigenvalue weighted by atomic mass is 19.3. The summed E-state index contributed by atoms with van der Waals surface area (Å²) in [6.45, 7) is -2.94. The van der Waals surface area contributed by atoms with Gasteiger partial charge in [-0.3, -0.25) is 9.59 Å². The number of halogens is 2. The smallest absolute Gasteiger partial charge is 0.387 e. The molecule has 1 amide bonds. The lowest BCUT2D eigenvalue weighted by molar-refractivity contribution is -0.121. The van der Waals surface area contributed by atoms with Crippen LogP contribution in [0.3, 0.4) is 0 Å². The fourth-order valence-electron chi connectivity index (χ4n) is 2.73. The van der Waals surface area contributed by atoms with Crippen LogP contribution in [0.1, 0.15) is 5.56 Å². The maximum Gasteiger partial charge on any atom is 0.387 e. The second-order valence-corrected chi connectivity index (χ2v) is 6.03. The molecule has 0 aliphatic heterocycles. The summed E-state index contributed by atoms with van der Waals surface area (Å²) >= 11 is 0. The molecular weight excluding hydrogens is 386 g/mol. The van der Waals surface area contributed by atoms with Gasteiger partial charge in [-0.25, -0.2) is 4.68 Å². The van der Waals surface area contributed by atoms with Crippen molar-refractivity contribution in [3.63, 3.8) is 0 Å². The second kappa shape index (κ2) is 9.09. The minimum absolute atomic E-state index is 0.0652. The third kappa shape index (κ3) is 5.03. The van der Waals surface area contributed by atoms with E-state index < -0.39 is 18.1 Å². The van der Waals surface area contributed by atoms with Gasteiger partial charge < -0.3 is 14.8 Å². The zero-order valence-corrected chi connectivity index (χ0v) is 15.5. The summed E-state index contributed by atoms with van der Waals surface area (Å²) in [6, 6.07) is 11.3. The Labute approximate surface area is 164 Å². The minimum atomic E-state index is -2.95. The number of rotatable bonds is 8. The molecule has 0 bridgehead atoms. The standard InChI is InChI=1S/C19H18F2N4O4/c1-28-16-10-12(6-7-15(16)29-19(20)21)8-9-22-17(26)11-25-18(27)13-4-2-3-5-14(13)23-24-25/h2-7,10,19H,8-9,11H2,1H3,(H,22,26). The van der Waals surface area contributed by atoms with Crippen LogP contribution >= 0.6 is 0 Å². The molecule has 1 N–H and O–H groups in total. The van der Waals surface area contributed by atoms with Crippen LogP contribution in [0.4, 0.5) is 8.78 Å². The number of hydrogen-bond donors (Lipinski definition) is 1.